The molecule has 0 radical (unpaired) electrons. The van der Waals surface area contributed by atoms with Crippen molar-refractivity contribution < 1.29 is 23.5 Å². The smallest absolute Gasteiger partial charge is 0.338 e. The zero-order valence-corrected chi connectivity index (χ0v) is 18.9. The van der Waals surface area contributed by atoms with Gasteiger partial charge in [0.25, 0.3) is 5.91 Å². The summed E-state index contributed by atoms with van der Waals surface area (Å²) in [5, 5.41) is 6.05. The van der Waals surface area contributed by atoms with Crippen molar-refractivity contribution in [1.82, 2.24) is 5.43 Å². The molecule has 4 rings (SSSR count). The highest BCUT2D eigenvalue weighted by Crippen LogP contribution is 2.23. The highest BCUT2D eigenvalue weighted by Gasteiger charge is 2.12. The Morgan fingerprint density at radius 3 is 2.62 bits per heavy atom. The molecule has 7 heteroatoms. The molecule has 0 aliphatic carbocycles. The molecule has 1 aromatic heterocycles. The van der Waals surface area contributed by atoms with Crippen molar-refractivity contribution in [2.45, 2.75) is 20.0 Å². The van der Waals surface area contributed by atoms with Gasteiger partial charge in [-0.3, -0.25) is 4.79 Å². The number of esters is 1. The van der Waals surface area contributed by atoms with E-state index >= 15 is 0 Å². The lowest BCUT2D eigenvalue weighted by Gasteiger charge is -2.08. The van der Waals surface area contributed by atoms with Crippen molar-refractivity contribution in [3.63, 3.8) is 0 Å². The summed E-state index contributed by atoms with van der Waals surface area (Å²) in [7, 11) is 0. The second-order valence-electron chi connectivity index (χ2n) is 7.83. The Morgan fingerprint density at radius 1 is 0.971 bits per heavy atom. The van der Waals surface area contributed by atoms with Crippen LogP contribution in [-0.2, 0) is 9.53 Å². The maximum absolute atomic E-state index is 12.1. The van der Waals surface area contributed by atoms with E-state index in [1.807, 2.05) is 48.5 Å². The first-order valence-corrected chi connectivity index (χ1v) is 10.8. The van der Waals surface area contributed by atoms with Gasteiger partial charge in [0.2, 0.25) is 0 Å². The van der Waals surface area contributed by atoms with Crippen LogP contribution in [0.4, 0.5) is 0 Å². The van der Waals surface area contributed by atoms with Crippen molar-refractivity contribution in [1.29, 1.82) is 0 Å². The van der Waals surface area contributed by atoms with Crippen LogP contribution in [0.2, 0.25) is 0 Å². The molecule has 7 nitrogen and oxygen atoms in total. The highest BCUT2D eigenvalue weighted by molar-refractivity contribution is 5.91. The molecule has 0 saturated carbocycles. The van der Waals surface area contributed by atoms with E-state index in [4.69, 9.17) is 13.9 Å². The van der Waals surface area contributed by atoms with Crippen molar-refractivity contribution >= 4 is 28.9 Å². The molecule has 0 atom stereocenters. The number of amides is 1. The third-order valence-electron chi connectivity index (χ3n) is 4.82. The van der Waals surface area contributed by atoms with Crippen molar-refractivity contribution in [3.8, 4) is 17.1 Å². The Hall–Kier alpha value is -4.39. The third kappa shape index (κ3) is 5.89. The Kier molecular flexibility index (Phi) is 7.03. The fraction of sp³-hybridized carbons (Fsp3) is 0.148. The van der Waals surface area contributed by atoms with E-state index in [9.17, 15) is 9.59 Å². The molecule has 34 heavy (non-hydrogen) atoms. The van der Waals surface area contributed by atoms with Gasteiger partial charge in [-0.2, -0.15) is 5.10 Å². The normalized spacial score (nSPS) is 11.1. The van der Waals surface area contributed by atoms with Crippen LogP contribution in [-0.4, -0.2) is 30.8 Å². The minimum absolute atomic E-state index is 0.168. The fourth-order valence-corrected chi connectivity index (χ4v) is 3.27. The van der Waals surface area contributed by atoms with Crippen molar-refractivity contribution in [2.24, 2.45) is 5.10 Å². The number of benzene rings is 3. The maximum Gasteiger partial charge on any atom is 0.338 e. The lowest BCUT2D eigenvalue weighted by atomic mass is 10.1. The quantitative estimate of drug-likeness (QED) is 0.224. The summed E-state index contributed by atoms with van der Waals surface area (Å²) in [6.07, 6.45) is 1.20. The Labute approximate surface area is 197 Å². The first kappa shape index (κ1) is 22.8. The third-order valence-corrected chi connectivity index (χ3v) is 4.82. The summed E-state index contributed by atoms with van der Waals surface area (Å²) in [6, 6.07) is 24.0. The van der Waals surface area contributed by atoms with Crippen LogP contribution in [0, 0.1) is 0 Å². The first-order valence-electron chi connectivity index (χ1n) is 10.8. The van der Waals surface area contributed by atoms with Crippen LogP contribution in [0.5, 0.6) is 5.75 Å². The van der Waals surface area contributed by atoms with Gasteiger partial charge in [0, 0.05) is 5.56 Å². The number of hydrazone groups is 1. The average molecular weight is 456 g/mol. The summed E-state index contributed by atoms with van der Waals surface area (Å²) in [6.45, 7) is 3.43. The topological polar surface area (TPSA) is 90.1 Å². The molecule has 0 spiro atoms. The minimum atomic E-state index is -0.396. The van der Waals surface area contributed by atoms with Gasteiger partial charge in [0.05, 0.1) is 17.9 Å². The Morgan fingerprint density at radius 2 is 1.79 bits per heavy atom. The van der Waals surface area contributed by atoms with E-state index in [1.165, 1.54) is 6.21 Å². The summed E-state index contributed by atoms with van der Waals surface area (Å²) in [5.74, 6) is 0.826. The molecule has 0 unspecified atom stereocenters. The number of hydrogen-bond acceptors (Lipinski definition) is 6. The second kappa shape index (κ2) is 10.5. The van der Waals surface area contributed by atoms with Crippen LogP contribution in [0.3, 0.4) is 0 Å². The lowest BCUT2D eigenvalue weighted by molar-refractivity contribution is -0.123. The van der Waals surface area contributed by atoms with Crippen LogP contribution in [0.15, 0.2) is 88.4 Å². The van der Waals surface area contributed by atoms with Crippen molar-refractivity contribution in [2.75, 3.05) is 6.61 Å². The highest BCUT2D eigenvalue weighted by atomic mass is 16.5. The number of carbonyl (C=O) groups excluding carboxylic acids is 2. The molecule has 3 aromatic carbocycles. The SMILES string of the molecule is CC(C)OC(=O)c1cccc(-c2ccc(/C=N\NC(=O)COc3ccc4ccccc4c3)o2)c1. The molecule has 0 bridgehead atoms. The Bertz CT molecular complexity index is 1340. The van der Waals surface area contributed by atoms with Crippen molar-refractivity contribution in [3.05, 3.63) is 90.2 Å². The molecular weight excluding hydrogens is 432 g/mol. The minimum Gasteiger partial charge on any atom is -0.484 e. The van der Waals surface area contributed by atoms with E-state index in [0.29, 0.717) is 22.8 Å². The van der Waals surface area contributed by atoms with Crippen LogP contribution in [0.1, 0.15) is 30.0 Å². The fourth-order valence-electron chi connectivity index (χ4n) is 3.27. The molecule has 4 aromatic rings. The number of hydrogen-bond donors (Lipinski definition) is 1. The van der Waals surface area contributed by atoms with Gasteiger partial charge in [-0.15, -0.1) is 0 Å². The molecule has 0 fully saturated rings. The average Bonchev–Trinajstić information content (AvgIpc) is 3.31. The molecular formula is C27H24N2O5. The zero-order valence-electron chi connectivity index (χ0n) is 18.9. The predicted molar refractivity (Wildman–Crippen MR) is 130 cm³/mol. The van der Waals surface area contributed by atoms with Gasteiger partial charge < -0.3 is 13.9 Å². The summed E-state index contributed by atoms with van der Waals surface area (Å²) in [4.78, 5) is 24.2. The van der Waals surface area contributed by atoms with E-state index in [2.05, 4.69) is 10.5 Å². The first-order chi connectivity index (χ1) is 16.5. The van der Waals surface area contributed by atoms with E-state index in [1.54, 1.807) is 44.2 Å². The largest absolute Gasteiger partial charge is 0.484 e. The molecule has 0 aliphatic rings. The molecule has 1 amide bonds. The number of rotatable bonds is 8. The van der Waals surface area contributed by atoms with E-state index in [-0.39, 0.29) is 18.7 Å². The molecule has 0 saturated heterocycles. The van der Waals surface area contributed by atoms with Crippen LogP contribution >= 0.6 is 0 Å². The molecule has 172 valence electrons. The predicted octanol–water partition coefficient (Wildman–Crippen LogP) is 5.19. The number of fused-ring (bicyclic) bond motifs is 1. The van der Waals surface area contributed by atoms with Gasteiger partial charge >= 0.3 is 5.97 Å². The lowest BCUT2D eigenvalue weighted by Crippen LogP contribution is -2.24. The monoisotopic (exact) mass is 456 g/mol. The number of nitrogens with one attached hydrogen (secondary N) is 1. The number of nitrogens with zero attached hydrogens (tertiary/aromatic N) is 1. The Balaban J connectivity index is 1.31. The molecule has 0 aliphatic heterocycles. The standard InChI is InChI=1S/C27H24N2O5/c1-18(2)33-27(31)22-9-5-8-21(14-22)25-13-12-24(34-25)16-28-29-26(30)17-32-23-11-10-19-6-3-4-7-20(19)15-23/h3-16,18H,17H2,1-2H3,(H,29,30)/b28-16-. The number of ether oxygens (including phenoxy) is 2. The van der Waals surface area contributed by atoms with Gasteiger partial charge in [0.1, 0.15) is 17.3 Å². The van der Waals surface area contributed by atoms with E-state index < -0.39 is 5.91 Å². The van der Waals surface area contributed by atoms with Gasteiger partial charge in [-0.05, 0) is 61.0 Å². The second-order valence-corrected chi connectivity index (χ2v) is 7.83. The van der Waals surface area contributed by atoms with E-state index in [0.717, 1.165) is 16.3 Å². The number of carbonyl (C=O) groups is 2. The van der Waals surface area contributed by atoms with Gasteiger partial charge in [-0.1, -0.05) is 42.5 Å². The maximum atomic E-state index is 12.1. The molecule has 1 heterocycles. The summed E-state index contributed by atoms with van der Waals surface area (Å²) >= 11 is 0. The van der Waals surface area contributed by atoms with Gasteiger partial charge in [0.15, 0.2) is 6.61 Å². The van der Waals surface area contributed by atoms with Crippen LogP contribution in [0.25, 0.3) is 22.1 Å². The zero-order chi connectivity index (χ0) is 23.9. The van der Waals surface area contributed by atoms with Gasteiger partial charge in [-0.25, -0.2) is 10.2 Å². The number of furan rings is 1. The van der Waals surface area contributed by atoms with Crippen LogP contribution < -0.4 is 10.2 Å². The molecule has 1 N–H and O–H groups in total. The summed E-state index contributed by atoms with van der Waals surface area (Å²) in [5.41, 5.74) is 3.58. The summed E-state index contributed by atoms with van der Waals surface area (Å²) < 4.78 is 16.5.